The van der Waals surface area contributed by atoms with E-state index in [1.54, 1.807) is 0 Å². The highest BCUT2D eigenvalue weighted by molar-refractivity contribution is 5.75. The average Bonchev–Trinajstić information content (AvgIpc) is 2.95. The molecule has 28 heavy (non-hydrogen) atoms. The molecule has 0 bridgehead atoms. The number of rotatable bonds is 4. The summed E-state index contributed by atoms with van der Waals surface area (Å²) in [5.74, 6) is 0.901. The van der Waals surface area contributed by atoms with Gasteiger partial charge in [0.1, 0.15) is 12.0 Å². The van der Waals surface area contributed by atoms with E-state index in [2.05, 4.69) is 13.5 Å². The van der Waals surface area contributed by atoms with Gasteiger partial charge < -0.3 is 14.4 Å². The van der Waals surface area contributed by atoms with Crippen LogP contribution < -0.4 is 4.90 Å². The molecule has 0 radical (unpaired) electrons. The molecule has 156 valence electrons. The van der Waals surface area contributed by atoms with Crippen molar-refractivity contribution in [3.05, 3.63) is 12.2 Å². The highest BCUT2D eigenvalue weighted by Gasteiger charge is 2.56. The summed E-state index contributed by atoms with van der Waals surface area (Å²) >= 11 is 0. The lowest BCUT2D eigenvalue weighted by molar-refractivity contribution is -0.908. The molecule has 0 aromatic heterocycles. The quantitative estimate of drug-likeness (QED) is 0.590. The fraction of sp³-hybridized carbons (Fsp3) is 0.826. The molecule has 2 aliphatic heterocycles. The molecule has 5 atom stereocenters. The minimum Gasteiger partial charge on any atom is -0.466 e. The van der Waals surface area contributed by atoms with Crippen molar-refractivity contribution in [3.63, 3.8) is 0 Å². The Morgan fingerprint density at radius 2 is 2.11 bits per heavy atom. The van der Waals surface area contributed by atoms with Crippen molar-refractivity contribution in [1.29, 1.82) is 0 Å². The predicted octanol–water partition coefficient (Wildman–Crippen LogP) is 2.16. The van der Waals surface area contributed by atoms with Crippen molar-refractivity contribution in [3.8, 4) is 0 Å². The number of hydrogen-bond acceptors (Lipinski definition) is 4. The first kappa shape index (κ1) is 19.9. The van der Waals surface area contributed by atoms with E-state index < -0.39 is 0 Å². The van der Waals surface area contributed by atoms with Crippen LogP contribution >= 0.6 is 0 Å². The van der Waals surface area contributed by atoms with E-state index in [1.165, 1.54) is 23.3 Å². The van der Waals surface area contributed by atoms with Crippen LogP contribution in [0.15, 0.2) is 12.2 Å². The van der Waals surface area contributed by atoms with Gasteiger partial charge in [-0.1, -0.05) is 19.1 Å². The molecule has 4 rings (SSSR count). The van der Waals surface area contributed by atoms with Crippen LogP contribution in [0.1, 0.15) is 58.8 Å². The summed E-state index contributed by atoms with van der Waals surface area (Å²) in [6.45, 7) is 11.8. The van der Waals surface area contributed by atoms with E-state index in [9.17, 15) is 9.59 Å². The van der Waals surface area contributed by atoms with Gasteiger partial charge >= 0.3 is 11.9 Å². The normalized spacial score (nSPS) is 43.1. The van der Waals surface area contributed by atoms with Gasteiger partial charge in [0.05, 0.1) is 32.2 Å². The van der Waals surface area contributed by atoms with E-state index in [1.807, 2.05) is 6.92 Å². The molecule has 5 nitrogen and oxygen atoms in total. The summed E-state index contributed by atoms with van der Waals surface area (Å²) in [5, 5.41) is 0. The van der Waals surface area contributed by atoms with Crippen LogP contribution in [0.3, 0.4) is 0 Å². The second kappa shape index (κ2) is 7.81. The third-order valence-corrected chi connectivity index (χ3v) is 8.14. The van der Waals surface area contributed by atoms with Crippen molar-refractivity contribution in [1.82, 2.24) is 0 Å². The number of esters is 2. The molecule has 0 unspecified atom stereocenters. The molecular weight excluding hydrogens is 354 g/mol. The lowest BCUT2D eigenvalue weighted by Gasteiger charge is -2.50. The summed E-state index contributed by atoms with van der Waals surface area (Å²) in [5.41, 5.74) is 1.66. The second-order valence-electron chi connectivity index (χ2n) is 9.88. The van der Waals surface area contributed by atoms with Crippen LogP contribution in [0.25, 0.3) is 0 Å². The monoisotopic (exact) mass is 390 g/mol. The SMILES string of the molecule is C=C1CCC[C@]2(C)C[C@H]3OC(=O)[C@H](C[NH+]4CCC(C(=O)OCC)CC4)[C@H]3C[C@H]12. The standard InChI is InChI=1S/C23H35NO4/c1-4-27-21(25)16-7-10-24(11-8-16)14-18-17-12-19-15(2)6-5-9-23(19,3)13-20(17)28-22(18)26/h16-20H,2,4-14H2,1,3H3/p+1/t17-,18-,19-,20-,23-/m1/s1. The molecule has 0 spiro atoms. The zero-order valence-electron chi connectivity index (χ0n) is 17.5. The smallest absolute Gasteiger partial charge is 0.315 e. The molecule has 2 aliphatic carbocycles. The first-order chi connectivity index (χ1) is 13.4. The van der Waals surface area contributed by atoms with E-state index in [0.717, 1.165) is 51.7 Å². The first-order valence-corrected chi connectivity index (χ1v) is 11.3. The van der Waals surface area contributed by atoms with Gasteiger partial charge in [-0.05, 0) is 50.4 Å². The van der Waals surface area contributed by atoms with Crippen molar-refractivity contribution in [2.75, 3.05) is 26.2 Å². The zero-order chi connectivity index (χ0) is 19.9. The van der Waals surface area contributed by atoms with Gasteiger partial charge in [-0.15, -0.1) is 0 Å². The number of likely N-dealkylation sites (tertiary alicyclic amines) is 1. The molecule has 4 fully saturated rings. The third kappa shape index (κ3) is 3.62. The Balaban J connectivity index is 1.38. The number of quaternary nitrogens is 1. The summed E-state index contributed by atoms with van der Waals surface area (Å²) < 4.78 is 11.1. The van der Waals surface area contributed by atoms with Gasteiger partial charge in [-0.3, -0.25) is 9.59 Å². The first-order valence-electron chi connectivity index (χ1n) is 11.3. The molecule has 4 aliphatic rings. The number of ether oxygens (including phenoxy) is 2. The fourth-order valence-corrected chi connectivity index (χ4v) is 6.53. The average molecular weight is 391 g/mol. The number of hydrogen-bond donors (Lipinski definition) is 1. The maximum Gasteiger partial charge on any atom is 0.315 e. The summed E-state index contributed by atoms with van der Waals surface area (Å²) in [7, 11) is 0. The van der Waals surface area contributed by atoms with Crippen molar-refractivity contribution in [2.45, 2.75) is 64.9 Å². The number of carbonyl (C=O) groups is 2. The number of piperidine rings is 1. The Morgan fingerprint density at radius 3 is 2.82 bits per heavy atom. The van der Waals surface area contributed by atoms with E-state index in [-0.39, 0.29) is 35.3 Å². The highest BCUT2D eigenvalue weighted by Crippen LogP contribution is 2.56. The Bertz CT molecular complexity index is 639. The minimum absolute atomic E-state index is 0.0124. The zero-order valence-corrected chi connectivity index (χ0v) is 17.5. The van der Waals surface area contributed by atoms with Crippen molar-refractivity contribution < 1.29 is 24.0 Å². The van der Waals surface area contributed by atoms with Crippen LogP contribution in [-0.4, -0.2) is 44.3 Å². The van der Waals surface area contributed by atoms with Gasteiger partial charge in [-0.2, -0.15) is 0 Å². The topological polar surface area (TPSA) is 57.0 Å². The fourth-order valence-electron chi connectivity index (χ4n) is 6.53. The molecule has 0 aromatic carbocycles. The number of nitrogens with one attached hydrogen (secondary N) is 1. The lowest BCUT2D eigenvalue weighted by atomic mass is 9.55. The van der Waals surface area contributed by atoms with Gasteiger partial charge in [0, 0.05) is 18.8 Å². The molecule has 0 amide bonds. The Morgan fingerprint density at radius 1 is 1.36 bits per heavy atom. The number of allylic oxidation sites excluding steroid dienone is 1. The maximum atomic E-state index is 12.7. The van der Waals surface area contributed by atoms with E-state index >= 15 is 0 Å². The molecular formula is C23H36NO4+. The lowest BCUT2D eigenvalue weighted by Crippen LogP contribution is -3.14. The number of fused-ring (bicyclic) bond motifs is 2. The Kier molecular flexibility index (Phi) is 5.56. The Labute approximate surface area is 168 Å². The van der Waals surface area contributed by atoms with Gasteiger partial charge in [-0.25, -0.2) is 0 Å². The second-order valence-corrected chi connectivity index (χ2v) is 9.88. The summed E-state index contributed by atoms with van der Waals surface area (Å²) in [6, 6.07) is 0. The third-order valence-electron chi connectivity index (χ3n) is 8.14. The summed E-state index contributed by atoms with van der Waals surface area (Å²) in [4.78, 5) is 26.1. The molecule has 0 aromatic rings. The van der Waals surface area contributed by atoms with Crippen LogP contribution in [0.2, 0.25) is 0 Å². The molecule has 5 heteroatoms. The predicted molar refractivity (Wildman–Crippen MR) is 106 cm³/mol. The molecule has 2 heterocycles. The van der Waals surface area contributed by atoms with Crippen molar-refractivity contribution in [2.24, 2.45) is 29.1 Å². The van der Waals surface area contributed by atoms with Crippen LogP contribution in [-0.2, 0) is 19.1 Å². The minimum atomic E-state index is -0.0516. The summed E-state index contributed by atoms with van der Waals surface area (Å²) in [6.07, 6.45) is 7.49. The van der Waals surface area contributed by atoms with E-state index in [4.69, 9.17) is 9.47 Å². The molecule has 2 saturated carbocycles. The van der Waals surface area contributed by atoms with Crippen LogP contribution in [0, 0.1) is 29.1 Å². The molecule has 1 N–H and O–H groups in total. The van der Waals surface area contributed by atoms with Crippen LogP contribution in [0.4, 0.5) is 0 Å². The van der Waals surface area contributed by atoms with Crippen LogP contribution in [0.5, 0.6) is 0 Å². The van der Waals surface area contributed by atoms with E-state index in [0.29, 0.717) is 18.4 Å². The highest BCUT2D eigenvalue weighted by atomic mass is 16.6. The maximum absolute atomic E-state index is 12.7. The number of carbonyl (C=O) groups excluding carboxylic acids is 2. The van der Waals surface area contributed by atoms with Crippen molar-refractivity contribution >= 4 is 11.9 Å². The Hall–Kier alpha value is -1.36. The molecule has 2 saturated heterocycles. The van der Waals surface area contributed by atoms with Gasteiger partial charge in [0.15, 0.2) is 0 Å². The van der Waals surface area contributed by atoms with Gasteiger partial charge in [0.2, 0.25) is 0 Å². The largest absolute Gasteiger partial charge is 0.466 e. The van der Waals surface area contributed by atoms with Gasteiger partial charge in [0.25, 0.3) is 0 Å².